The normalized spacial score (nSPS) is 11.6. The zero-order chi connectivity index (χ0) is 11.8. The topological polar surface area (TPSA) is 46.5 Å². The Balaban J connectivity index is 2.35. The Kier molecular flexibility index (Phi) is 2.57. The van der Waals surface area contributed by atoms with Gasteiger partial charge in [-0.2, -0.15) is 0 Å². The zero-order valence-corrected chi connectivity index (χ0v) is 9.83. The van der Waals surface area contributed by atoms with Crippen LogP contribution < -0.4 is 0 Å². The molecule has 2 heterocycles. The first kappa shape index (κ1) is 10.7. The molecular formula is C13H11ClO3. The van der Waals surface area contributed by atoms with Crippen LogP contribution in [0.3, 0.4) is 0 Å². The predicted octanol–water partition coefficient (Wildman–Crippen LogP) is 3.76. The lowest BCUT2D eigenvalue weighted by Gasteiger charge is -2.04. The number of fused-ring (bicyclic) bond motifs is 2. The quantitative estimate of drug-likeness (QED) is 0.770. The molecule has 0 aliphatic carbocycles. The van der Waals surface area contributed by atoms with E-state index in [9.17, 15) is 0 Å². The molecule has 0 fully saturated rings. The number of hydrogen-bond acceptors (Lipinski definition) is 3. The highest BCUT2D eigenvalue weighted by molar-refractivity contribution is 6.40. The van der Waals surface area contributed by atoms with E-state index in [-0.39, 0.29) is 6.61 Å². The van der Waals surface area contributed by atoms with E-state index in [0.29, 0.717) is 17.0 Å². The van der Waals surface area contributed by atoms with E-state index in [1.165, 1.54) is 0 Å². The first-order chi connectivity index (χ1) is 8.33. The van der Waals surface area contributed by atoms with Gasteiger partial charge in [0, 0.05) is 22.9 Å². The number of aliphatic hydroxyl groups excluding tert-OH is 1. The molecule has 0 spiro atoms. The number of rotatable bonds is 3. The van der Waals surface area contributed by atoms with Crippen LogP contribution in [-0.2, 0) is 6.42 Å². The molecule has 17 heavy (non-hydrogen) atoms. The number of benzene rings is 1. The average molecular weight is 251 g/mol. The van der Waals surface area contributed by atoms with E-state index in [1.54, 1.807) is 12.5 Å². The maximum absolute atomic E-state index is 8.95. The van der Waals surface area contributed by atoms with Gasteiger partial charge in [0.25, 0.3) is 0 Å². The van der Waals surface area contributed by atoms with Crippen LogP contribution in [-0.4, -0.2) is 11.7 Å². The molecule has 0 atom stereocenters. The van der Waals surface area contributed by atoms with E-state index in [4.69, 9.17) is 25.5 Å². The van der Waals surface area contributed by atoms with Crippen LogP contribution in [0.5, 0.6) is 0 Å². The molecule has 0 saturated carbocycles. The molecule has 0 amide bonds. The van der Waals surface area contributed by atoms with E-state index in [1.807, 2.05) is 12.1 Å². The van der Waals surface area contributed by atoms with Crippen molar-refractivity contribution in [2.45, 2.75) is 12.8 Å². The van der Waals surface area contributed by atoms with Gasteiger partial charge in [-0.3, -0.25) is 0 Å². The van der Waals surface area contributed by atoms with Gasteiger partial charge in [-0.15, -0.1) is 0 Å². The van der Waals surface area contributed by atoms with E-state index in [2.05, 4.69) is 0 Å². The fraction of sp³-hybridized carbons (Fsp3) is 0.231. The number of halogens is 1. The molecule has 0 unspecified atom stereocenters. The molecular weight excluding hydrogens is 240 g/mol. The second kappa shape index (κ2) is 4.09. The standard InChI is InChI=1S/C13H11ClO3/c14-11-10-4-7-16-12(10)8(2-1-5-15)9-3-6-17-13(9)11/h3-4,6-7,15H,1-2,5H2. The third-order valence-electron chi connectivity index (χ3n) is 2.95. The molecule has 0 aliphatic heterocycles. The fourth-order valence-electron chi connectivity index (χ4n) is 2.18. The van der Waals surface area contributed by atoms with Crippen LogP contribution in [0, 0.1) is 0 Å². The van der Waals surface area contributed by atoms with Gasteiger partial charge in [-0.05, 0) is 25.0 Å². The number of hydrogen-bond donors (Lipinski definition) is 1. The van der Waals surface area contributed by atoms with Gasteiger partial charge in [0.2, 0.25) is 0 Å². The van der Waals surface area contributed by atoms with Gasteiger partial charge < -0.3 is 13.9 Å². The SMILES string of the molecule is OCCCc1c2ccoc2c(Cl)c2ccoc12. The van der Waals surface area contributed by atoms with Crippen LogP contribution in [0.15, 0.2) is 33.5 Å². The van der Waals surface area contributed by atoms with Crippen molar-refractivity contribution in [1.29, 1.82) is 0 Å². The lowest BCUT2D eigenvalue weighted by Crippen LogP contribution is -1.91. The average Bonchev–Trinajstić information content (AvgIpc) is 2.97. The first-order valence-corrected chi connectivity index (χ1v) is 5.86. The minimum absolute atomic E-state index is 0.157. The largest absolute Gasteiger partial charge is 0.464 e. The Morgan fingerprint density at radius 3 is 2.53 bits per heavy atom. The molecule has 4 heteroatoms. The van der Waals surface area contributed by atoms with Gasteiger partial charge >= 0.3 is 0 Å². The molecule has 0 saturated heterocycles. The maximum Gasteiger partial charge on any atom is 0.153 e. The van der Waals surface area contributed by atoms with Crippen LogP contribution >= 0.6 is 11.6 Å². The van der Waals surface area contributed by atoms with Crippen molar-refractivity contribution in [3.63, 3.8) is 0 Å². The van der Waals surface area contributed by atoms with E-state index < -0.39 is 0 Å². The summed E-state index contributed by atoms with van der Waals surface area (Å²) in [4.78, 5) is 0. The molecule has 1 N–H and O–H groups in total. The van der Waals surface area contributed by atoms with E-state index in [0.717, 1.165) is 28.3 Å². The molecule has 3 nitrogen and oxygen atoms in total. The van der Waals surface area contributed by atoms with Crippen molar-refractivity contribution < 1.29 is 13.9 Å². The number of furan rings is 2. The summed E-state index contributed by atoms with van der Waals surface area (Å²) in [6.45, 7) is 0.157. The monoisotopic (exact) mass is 250 g/mol. The van der Waals surface area contributed by atoms with Gasteiger partial charge in [-0.1, -0.05) is 11.6 Å². The number of aliphatic hydroxyl groups is 1. The summed E-state index contributed by atoms with van der Waals surface area (Å²) in [6.07, 6.45) is 4.68. The lowest BCUT2D eigenvalue weighted by molar-refractivity contribution is 0.289. The summed E-state index contributed by atoms with van der Waals surface area (Å²) < 4.78 is 10.9. The Bertz CT molecular complexity index is 614. The molecule has 3 rings (SSSR count). The first-order valence-electron chi connectivity index (χ1n) is 5.48. The Hall–Kier alpha value is -1.45. The van der Waals surface area contributed by atoms with Crippen molar-refractivity contribution >= 4 is 33.5 Å². The van der Waals surface area contributed by atoms with Gasteiger partial charge in [0.15, 0.2) is 5.58 Å². The number of aryl methyl sites for hydroxylation is 1. The van der Waals surface area contributed by atoms with Crippen molar-refractivity contribution in [3.8, 4) is 0 Å². The van der Waals surface area contributed by atoms with E-state index >= 15 is 0 Å². The molecule has 3 aromatic rings. The summed E-state index contributed by atoms with van der Waals surface area (Å²) in [7, 11) is 0. The van der Waals surface area contributed by atoms with Crippen LogP contribution in [0.1, 0.15) is 12.0 Å². The summed E-state index contributed by atoms with van der Waals surface area (Å²) in [5.41, 5.74) is 2.53. The van der Waals surface area contributed by atoms with Crippen molar-refractivity contribution in [3.05, 3.63) is 35.2 Å². The lowest BCUT2D eigenvalue weighted by atomic mass is 10.0. The second-order valence-corrected chi connectivity index (χ2v) is 4.32. The zero-order valence-electron chi connectivity index (χ0n) is 9.07. The summed E-state index contributed by atoms with van der Waals surface area (Å²) in [6, 6.07) is 3.72. The van der Waals surface area contributed by atoms with Crippen molar-refractivity contribution in [1.82, 2.24) is 0 Å². The minimum Gasteiger partial charge on any atom is -0.464 e. The maximum atomic E-state index is 8.95. The highest BCUT2D eigenvalue weighted by Gasteiger charge is 2.16. The summed E-state index contributed by atoms with van der Waals surface area (Å²) >= 11 is 6.26. The third-order valence-corrected chi connectivity index (χ3v) is 3.33. The highest BCUT2D eigenvalue weighted by Crippen LogP contribution is 2.37. The van der Waals surface area contributed by atoms with Gasteiger partial charge in [0.1, 0.15) is 5.58 Å². The second-order valence-electron chi connectivity index (χ2n) is 3.95. The Labute approximate surface area is 103 Å². The van der Waals surface area contributed by atoms with Crippen molar-refractivity contribution in [2.75, 3.05) is 6.61 Å². The molecule has 0 aliphatic rings. The molecule has 1 aromatic carbocycles. The Morgan fingerprint density at radius 2 is 1.76 bits per heavy atom. The molecule has 2 aromatic heterocycles. The minimum atomic E-state index is 0.157. The van der Waals surface area contributed by atoms with Crippen LogP contribution in [0.25, 0.3) is 21.9 Å². The molecule has 0 radical (unpaired) electrons. The highest BCUT2D eigenvalue weighted by atomic mass is 35.5. The fourth-order valence-corrected chi connectivity index (χ4v) is 2.48. The van der Waals surface area contributed by atoms with Gasteiger partial charge in [0.05, 0.1) is 17.5 Å². The van der Waals surface area contributed by atoms with Crippen LogP contribution in [0.2, 0.25) is 5.02 Å². The predicted molar refractivity (Wildman–Crippen MR) is 66.4 cm³/mol. The summed E-state index contributed by atoms with van der Waals surface area (Å²) in [5, 5.41) is 11.4. The molecule has 0 bridgehead atoms. The van der Waals surface area contributed by atoms with Gasteiger partial charge in [-0.25, -0.2) is 0 Å². The molecule has 88 valence electrons. The van der Waals surface area contributed by atoms with Crippen LogP contribution in [0.4, 0.5) is 0 Å². The Morgan fingerprint density at radius 1 is 1.06 bits per heavy atom. The van der Waals surface area contributed by atoms with Crippen molar-refractivity contribution in [2.24, 2.45) is 0 Å². The third kappa shape index (κ3) is 1.54. The smallest absolute Gasteiger partial charge is 0.153 e. The summed E-state index contributed by atoms with van der Waals surface area (Å²) in [5.74, 6) is 0.